The van der Waals surface area contributed by atoms with Crippen LogP contribution in [0.4, 0.5) is 0 Å². The summed E-state index contributed by atoms with van der Waals surface area (Å²) >= 11 is 0. The molecule has 1 aliphatic heterocycles. The molecule has 2 nitrogen and oxygen atoms in total. The number of likely N-dealkylation sites (tertiary alicyclic amines) is 1. The highest BCUT2D eigenvalue weighted by molar-refractivity contribution is 5.32. The highest BCUT2D eigenvalue weighted by atomic mass is 15.1. The monoisotopic (exact) mass is 214 g/mol. The Hall–Kier alpha value is -1.33. The van der Waals surface area contributed by atoms with Crippen LogP contribution in [0.2, 0.25) is 0 Å². The topological polar surface area (TPSA) is 27.0 Å². The fraction of sp³-hybridized carbons (Fsp3) is 0.500. The highest BCUT2D eigenvalue weighted by Crippen LogP contribution is 2.13. The van der Waals surface area contributed by atoms with Gasteiger partial charge in [-0.1, -0.05) is 25.0 Å². The van der Waals surface area contributed by atoms with E-state index in [1.807, 2.05) is 18.2 Å². The highest BCUT2D eigenvalue weighted by Gasteiger charge is 2.09. The molecular weight excluding hydrogens is 196 g/mol. The van der Waals surface area contributed by atoms with Crippen LogP contribution in [-0.4, -0.2) is 18.0 Å². The van der Waals surface area contributed by atoms with E-state index in [0.29, 0.717) is 0 Å². The molecule has 16 heavy (non-hydrogen) atoms. The predicted octanol–water partition coefficient (Wildman–Crippen LogP) is 2.93. The summed E-state index contributed by atoms with van der Waals surface area (Å²) in [4.78, 5) is 2.50. The van der Waals surface area contributed by atoms with E-state index >= 15 is 0 Å². The molecule has 0 spiro atoms. The second kappa shape index (κ2) is 5.67. The van der Waals surface area contributed by atoms with Gasteiger partial charge in [-0.05, 0) is 43.6 Å². The third kappa shape index (κ3) is 3.08. The zero-order valence-corrected chi connectivity index (χ0v) is 9.65. The predicted molar refractivity (Wildman–Crippen MR) is 64.9 cm³/mol. The van der Waals surface area contributed by atoms with Gasteiger partial charge in [-0.25, -0.2) is 0 Å². The molecule has 0 aromatic heterocycles. The number of nitrogens with zero attached hydrogens (tertiary/aromatic N) is 2. The lowest BCUT2D eigenvalue weighted by Crippen LogP contribution is -2.23. The Kier molecular flexibility index (Phi) is 3.96. The Bertz CT molecular complexity index is 371. The SMILES string of the molecule is N#Cc1cccc(CN2CCCCCC2)c1. The van der Waals surface area contributed by atoms with Gasteiger partial charge in [-0.2, -0.15) is 5.26 Å². The van der Waals surface area contributed by atoms with Gasteiger partial charge in [0.05, 0.1) is 11.6 Å². The van der Waals surface area contributed by atoms with Crippen molar-refractivity contribution >= 4 is 0 Å². The largest absolute Gasteiger partial charge is 0.299 e. The Balaban J connectivity index is 1.99. The first kappa shape index (κ1) is 11.2. The molecule has 1 aromatic rings. The molecule has 1 aliphatic rings. The molecule has 1 aromatic carbocycles. The lowest BCUT2D eigenvalue weighted by molar-refractivity contribution is 0.277. The summed E-state index contributed by atoms with van der Waals surface area (Å²) in [7, 11) is 0. The number of benzene rings is 1. The van der Waals surface area contributed by atoms with E-state index < -0.39 is 0 Å². The summed E-state index contributed by atoms with van der Waals surface area (Å²) < 4.78 is 0. The molecule has 0 unspecified atom stereocenters. The number of hydrogen-bond donors (Lipinski definition) is 0. The quantitative estimate of drug-likeness (QED) is 0.757. The van der Waals surface area contributed by atoms with Crippen LogP contribution in [0.15, 0.2) is 24.3 Å². The van der Waals surface area contributed by atoms with E-state index in [2.05, 4.69) is 17.0 Å². The van der Waals surface area contributed by atoms with E-state index in [-0.39, 0.29) is 0 Å². The Morgan fingerprint density at radius 2 is 1.88 bits per heavy atom. The fourth-order valence-corrected chi connectivity index (χ4v) is 2.29. The molecule has 0 amide bonds. The molecule has 0 radical (unpaired) electrons. The molecular formula is C14H18N2. The average molecular weight is 214 g/mol. The Labute approximate surface area is 97.5 Å². The maximum Gasteiger partial charge on any atom is 0.0991 e. The molecule has 0 atom stereocenters. The van der Waals surface area contributed by atoms with Gasteiger partial charge in [0.1, 0.15) is 0 Å². The first-order valence-electron chi connectivity index (χ1n) is 6.10. The molecule has 1 heterocycles. The van der Waals surface area contributed by atoms with Crippen LogP contribution in [0, 0.1) is 11.3 Å². The van der Waals surface area contributed by atoms with Gasteiger partial charge in [0.25, 0.3) is 0 Å². The first-order chi connectivity index (χ1) is 7.88. The fourth-order valence-electron chi connectivity index (χ4n) is 2.29. The van der Waals surface area contributed by atoms with Crippen LogP contribution in [0.5, 0.6) is 0 Å². The minimum absolute atomic E-state index is 0.771. The van der Waals surface area contributed by atoms with E-state index in [4.69, 9.17) is 5.26 Å². The number of rotatable bonds is 2. The molecule has 2 rings (SSSR count). The van der Waals surface area contributed by atoms with Gasteiger partial charge in [0.2, 0.25) is 0 Å². The van der Waals surface area contributed by atoms with Crippen molar-refractivity contribution in [2.75, 3.05) is 13.1 Å². The summed E-state index contributed by atoms with van der Waals surface area (Å²) in [5.74, 6) is 0. The maximum absolute atomic E-state index is 8.85. The van der Waals surface area contributed by atoms with E-state index in [0.717, 1.165) is 12.1 Å². The van der Waals surface area contributed by atoms with Crippen LogP contribution in [0.3, 0.4) is 0 Å². The second-order valence-electron chi connectivity index (χ2n) is 4.50. The van der Waals surface area contributed by atoms with Crippen molar-refractivity contribution in [3.63, 3.8) is 0 Å². The first-order valence-corrected chi connectivity index (χ1v) is 6.10. The second-order valence-corrected chi connectivity index (χ2v) is 4.50. The van der Waals surface area contributed by atoms with E-state index in [9.17, 15) is 0 Å². The smallest absolute Gasteiger partial charge is 0.0991 e. The average Bonchev–Trinajstić information content (AvgIpc) is 2.58. The third-order valence-electron chi connectivity index (χ3n) is 3.16. The summed E-state index contributed by atoms with van der Waals surface area (Å²) in [6, 6.07) is 10.2. The lowest BCUT2D eigenvalue weighted by Gasteiger charge is -2.19. The normalized spacial score (nSPS) is 17.7. The van der Waals surface area contributed by atoms with Crippen LogP contribution < -0.4 is 0 Å². The Morgan fingerprint density at radius 3 is 2.56 bits per heavy atom. The van der Waals surface area contributed by atoms with Gasteiger partial charge in [-0.3, -0.25) is 4.90 Å². The van der Waals surface area contributed by atoms with Crippen LogP contribution >= 0.6 is 0 Å². The third-order valence-corrected chi connectivity index (χ3v) is 3.16. The molecule has 0 bridgehead atoms. The van der Waals surface area contributed by atoms with Gasteiger partial charge in [0, 0.05) is 6.54 Å². The lowest BCUT2D eigenvalue weighted by atomic mass is 10.1. The molecule has 0 saturated carbocycles. The minimum Gasteiger partial charge on any atom is -0.299 e. The van der Waals surface area contributed by atoms with Crippen molar-refractivity contribution in [2.45, 2.75) is 32.2 Å². The summed E-state index contributed by atoms with van der Waals surface area (Å²) in [6.45, 7) is 3.41. The van der Waals surface area contributed by atoms with Gasteiger partial charge in [0.15, 0.2) is 0 Å². The molecule has 0 aliphatic carbocycles. The summed E-state index contributed by atoms with van der Waals surface area (Å²) in [5.41, 5.74) is 2.04. The Morgan fingerprint density at radius 1 is 1.12 bits per heavy atom. The number of hydrogen-bond acceptors (Lipinski definition) is 2. The van der Waals surface area contributed by atoms with Crippen molar-refractivity contribution in [1.82, 2.24) is 4.90 Å². The molecule has 1 saturated heterocycles. The van der Waals surface area contributed by atoms with Crippen molar-refractivity contribution in [2.24, 2.45) is 0 Å². The summed E-state index contributed by atoms with van der Waals surface area (Å²) in [6.07, 6.45) is 5.37. The van der Waals surface area contributed by atoms with Crippen molar-refractivity contribution in [3.05, 3.63) is 35.4 Å². The number of nitriles is 1. The van der Waals surface area contributed by atoms with E-state index in [1.54, 1.807) is 0 Å². The standard InChI is InChI=1S/C14H18N2/c15-11-13-6-5-7-14(10-13)12-16-8-3-1-2-4-9-16/h5-7,10H,1-4,8-9,12H2. The maximum atomic E-state index is 8.85. The van der Waals surface area contributed by atoms with Gasteiger partial charge >= 0.3 is 0 Å². The zero-order valence-electron chi connectivity index (χ0n) is 9.65. The molecule has 2 heteroatoms. The molecule has 84 valence electrons. The van der Waals surface area contributed by atoms with Gasteiger partial charge < -0.3 is 0 Å². The van der Waals surface area contributed by atoms with Gasteiger partial charge in [-0.15, -0.1) is 0 Å². The molecule has 0 N–H and O–H groups in total. The zero-order chi connectivity index (χ0) is 11.2. The molecule has 1 fully saturated rings. The van der Waals surface area contributed by atoms with E-state index in [1.165, 1.54) is 44.3 Å². The van der Waals surface area contributed by atoms with Crippen molar-refractivity contribution < 1.29 is 0 Å². The van der Waals surface area contributed by atoms with Crippen LogP contribution in [0.1, 0.15) is 36.8 Å². The van der Waals surface area contributed by atoms with Crippen LogP contribution in [-0.2, 0) is 6.54 Å². The van der Waals surface area contributed by atoms with Crippen molar-refractivity contribution in [3.8, 4) is 6.07 Å². The summed E-state index contributed by atoms with van der Waals surface area (Å²) in [5, 5.41) is 8.85. The van der Waals surface area contributed by atoms with Crippen molar-refractivity contribution in [1.29, 1.82) is 5.26 Å². The van der Waals surface area contributed by atoms with Crippen LogP contribution in [0.25, 0.3) is 0 Å². The minimum atomic E-state index is 0.771.